The van der Waals surface area contributed by atoms with Gasteiger partial charge in [-0.25, -0.2) is 13.2 Å². The predicted molar refractivity (Wildman–Crippen MR) is 99.8 cm³/mol. The first-order chi connectivity index (χ1) is 12.4. The molecule has 1 N–H and O–H groups in total. The number of carbonyl (C=O) groups excluding carboxylic acids is 1. The molecule has 132 valence electrons. The number of nitrogens with one attached hydrogen (secondary N) is 1. The maximum atomic E-state index is 12.4. The van der Waals surface area contributed by atoms with Gasteiger partial charge in [-0.2, -0.15) is 0 Å². The van der Waals surface area contributed by atoms with E-state index in [2.05, 4.69) is 4.72 Å². The molecular weight excluding hydrogens is 350 g/mol. The number of ether oxygens (including phenoxy) is 1. The molecule has 0 spiro atoms. The van der Waals surface area contributed by atoms with Gasteiger partial charge in [-0.15, -0.1) is 0 Å². The van der Waals surface area contributed by atoms with Crippen molar-refractivity contribution in [3.8, 4) is 5.75 Å². The highest BCUT2D eigenvalue weighted by atomic mass is 32.2. The maximum absolute atomic E-state index is 12.4. The van der Waals surface area contributed by atoms with E-state index in [1.807, 2.05) is 13.0 Å². The summed E-state index contributed by atoms with van der Waals surface area (Å²) in [5.74, 6) is -0.0641. The van der Waals surface area contributed by atoms with E-state index in [1.165, 1.54) is 24.3 Å². The number of hydrogen-bond donors (Lipinski definition) is 1. The Morgan fingerprint density at radius 3 is 2.08 bits per heavy atom. The third kappa shape index (κ3) is 4.29. The highest BCUT2D eigenvalue weighted by Gasteiger charge is 2.14. The molecule has 0 amide bonds. The third-order valence-corrected chi connectivity index (χ3v) is 5.06. The molecule has 0 bridgehead atoms. The normalized spacial score (nSPS) is 11.0. The summed E-state index contributed by atoms with van der Waals surface area (Å²) < 4.78 is 32.5. The minimum absolute atomic E-state index is 0.177. The van der Waals surface area contributed by atoms with Crippen LogP contribution in [0.25, 0.3) is 0 Å². The minimum Gasteiger partial charge on any atom is -0.423 e. The smallest absolute Gasteiger partial charge is 0.343 e. The van der Waals surface area contributed by atoms with Crippen LogP contribution in [0.3, 0.4) is 0 Å². The van der Waals surface area contributed by atoms with Crippen molar-refractivity contribution in [3.05, 3.63) is 90.0 Å². The number of sulfonamides is 1. The third-order valence-electron chi connectivity index (χ3n) is 3.66. The molecule has 6 heteroatoms. The highest BCUT2D eigenvalue weighted by Crippen LogP contribution is 2.18. The summed E-state index contributed by atoms with van der Waals surface area (Å²) in [6.45, 7) is 1.89. The van der Waals surface area contributed by atoms with Gasteiger partial charge >= 0.3 is 5.97 Å². The molecule has 3 aromatic carbocycles. The van der Waals surface area contributed by atoms with Crippen LogP contribution in [0.4, 0.5) is 5.69 Å². The molecule has 0 saturated heterocycles. The second kappa shape index (κ2) is 7.41. The van der Waals surface area contributed by atoms with Gasteiger partial charge in [0.05, 0.1) is 10.5 Å². The van der Waals surface area contributed by atoms with Crippen LogP contribution in [0.2, 0.25) is 0 Å². The lowest BCUT2D eigenvalue weighted by molar-refractivity contribution is 0.0735. The van der Waals surface area contributed by atoms with Crippen molar-refractivity contribution < 1.29 is 17.9 Å². The Labute approximate surface area is 152 Å². The van der Waals surface area contributed by atoms with E-state index >= 15 is 0 Å². The molecule has 0 saturated carbocycles. The summed E-state index contributed by atoms with van der Waals surface area (Å²) in [6.07, 6.45) is 0. The van der Waals surface area contributed by atoms with Crippen molar-refractivity contribution >= 4 is 21.7 Å². The number of anilines is 1. The fourth-order valence-corrected chi connectivity index (χ4v) is 3.32. The molecular formula is C20H17NO4S. The molecule has 0 radical (unpaired) electrons. The van der Waals surface area contributed by atoms with E-state index in [0.29, 0.717) is 17.0 Å². The molecule has 0 atom stereocenters. The van der Waals surface area contributed by atoms with Crippen LogP contribution in [-0.4, -0.2) is 14.4 Å². The molecule has 3 rings (SSSR count). The average molecular weight is 367 g/mol. The summed E-state index contributed by atoms with van der Waals surface area (Å²) in [4.78, 5) is 12.3. The lowest BCUT2D eigenvalue weighted by Gasteiger charge is -2.09. The summed E-state index contributed by atoms with van der Waals surface area (Å²) in [6, 6.07) is 21.4. The second-order valence-corrected chi connectivity index (χ2v) is 7.38. The quantitative estimate of drug-likeness (QED) is 0.546. The number of rotatable bonds is 5. The van der Waals surface area contributed by atoms with E-state index in [4.69, 9.17) is 4.74 Å². The number of benzene rings is 3. The first-order valence-corrected chi connectivity index (χ1v) is 9.39. The van der Waals surface area contributed by atoms with Crippen molar-refractivity contribution in [2.75, 3.05) is 4.72 Å². The monoisotopic (exact) mass is 367 g/mol. The Morgan fingerprint density at radius 1 is 0.846 bits per heavy atom. The summed E-state index contributed by atoms with van der Waals surface area (Å²) >= 11 is 0. The van der Waals surface area contributed by atoms with Crippen LogP contribution in [0.15, 0.2) is 83.8 Å². The first-order valence-electron chi connectivity index (χ1n) is 7.91. The average Bonchev–Trinajstić information content (AvgIpc) is 2.63. The van der Waals surface area contributed by atoms with E-state index in [-0.39, 0.29) is 4.90 Å². The molecule has 0 heterocycles. The van der Waals surface area contributed by atoms with Crippen LogP contribution in [0, 0.1) is 6.92 Å². The molecule has 0 unspecified atom stereocenters. The summed E-state index contributed by atoms with van der Waals surface area (Å²) in [7, 11) is -3.68. The van der Waals surface area contributed by atoms with Gasteiger partial charge in [-0.1, -0.05) is 35.9 Å². The second-order valence-electron chi connectivity index (χ2n) is 5.70. The number of hydrogen-bond acceptors (Lipinski definition) is 4. The summed E-state index contributed by atoms with van der Waals surface area (Å²) in [5, 5.41) is 0. The van der Waals surface area contributed by atoms with Gasteiger partial charge in [0.2, 0.25) is 0 Å². The molecule has 26 heavy (non-hydrogen) atoms. The zero-order chi connectivity index (χ0) is 18.6. The molecule has 5 nitrogen and oxygen atoms in total. The van der Waals surface area contributed by atoms with E-state index < -0.39 is 16.0 Å². The van der Waals surface area contributed by atoms with Gasteiger partial charge in [0, 0.05) is 5.69 Å². The van der Waals surface area contributed by atoms with Gasteiger partial charge < -0.3 is 4.74 Å². The fourth-order valence-electron chi connectivity index (χ4n) is 2.26. The minimum atomic E-state index is -3.68. The Bertz CT molecular complexity index is 996. The van der Waals surface area contributed by atoms with Crippen LogP contribution >= 0.6 is 0 Å². The lowest BCUT2D eigenvalue weighted by atomic mass is 10.2. The lowest BCUT2D eigenvalue weighted by Crippen LogP contribution is -2.13. The highest BCUT2D eigenvalue weighted by molar-refractivity contribution is 7.92. The fraction of sp³-hybridized carbons (Fsp3) is 0.0500. The Balaban J connectivity index is 1.71. The van der Waals surface area contributed by atoms with Crippen LogP contribution < -0.4 is 9.46 Å². The van der Waals surface area contributed by atoms with Crippen molar-refractivity contribution in [1.29, 1.82) is 0 Å². The predicted octanol–water partition coefficient (Wildman–Crippen LogP) is 4.02. The Morgan fingerprint density at radius 2 is 1.46 bits per heavy atom. The van der Waals surface area contributed by atoms with E-state index in [9.17, 15) is 13.2 Å². The molecule has 0 fully saturated rings. The van der Waals surface area contributed by atoms with Gasteiger partial charge in [0.15, 0.2) is 0 Å². The van der Waals surface area contributed by atoms with Gasteiger partial charge in [-0.05, 0) is 55.5 Å². The zero-order valence-electron chi connectivity index (χ0n) is 14.0. The van der Waals surface area contributed by atoms with Crippen molar-refractivity contribution in [3.63, 3.8) is 0 Å². The maximum Gasteiger partial charge on any atom is 0.343 e. The standard InChI is InChI=1S/C20H17NO4S/c1-15-7-13-19(14-8-15)26(23,24)21-17-11-9-16(10-12-17)20(22)25-18-5-3-2-4-6-18/h2-14,21H,1H3. The van der Waals surface area contributed by atoms with Crippen molar-refractivity contribution in [2.45, 2.75) is 11.8 Å². The molecule has 0 aliphatic rings. The molecule has 0 aliphatic heterocycles. The van der Waals surface area contributed by atoms with Gasteiger partial charge in [-0.3, -0.25) is 4.72 Å². The van der Waals surface area contributed by atoms with E-state index in [0.717, 1.165) is 5.56 Å². The Hall–Kier alpha value is -3.12. The number of aryl methyl sites for hydroxylation is 1. The van der Waals surface area contributed by atoms with Crippen molar-refractivity contribution in [1.82, 2.24) is 0 Å². The van der Waals surface area contributed by atoms with Gasteiger partial charge in [0.1, 0.15) is 5.75 Å². The molecule has 0 aliphatic carbocycles. The van der Waals surface area contributed by atoms with Crippen LogP contribution in [-0.2, 0) is 10.0 Å². The zero-order valence-corrected chi connectivity index (χ0v) is 14.9. The van der Waals surface area contributed by atoms with Crippen LogP contribution in [0.5, 0.6) is 5.75 Å². The first kappa shape index (κ1) is 17.7. The van der Waals surface area contributed by atoms with Crippen LogP contribution in [0.1, 0.15) is 15.9 Å². The number of carbonyl (C=O) groups is 1. The molecule has 0 aromatic heterocycles. The molecule has 3 aromatic rings. The topological polar surface area (TPSA) is 72.5 Å². The van der Waals surface area contributed by atoms with E-state index in [1.54, 1.807) is 48.5 Å². The number of esters is 1. The van der Waals surface area contributed by atoms with Crippen molar-refractivity contribution in [2.24, 2.45) is 0 Å². The SMILES string of the molecule is Cc1ccc(S(=O)(=O)Nc2ccc(C(=O)Oc3ccccc3)cc2)cc1. The largest absolute Gasteiger partial charge is 0.423 e. The Kier molecular flexibility index (Phi) is 5.04. The van der Waals surface area contributed by atoms with Gasteiger partial charge in [0.25, 0.3) is 10.0 Å². The summed E-state index contributed by atoms with van der Waals surface area (Å²) in [5.41, 5.74) is 1.67. The number of para-hydroxylation sites is 1.